The molecule has 232 valence electrons. The van der Waals surface area contributed by atoms with Crippen LogP contribution in [0.25, 0.3) is 21.6 Å². The number of amides is 1. The molecule has 3 aromatic heterocycles. The molecule has 1 aromatic carbocycles. The molecule has 1 atom stereocenters. The maximum absolute atomic E-state index is 14.4. The highest BCUT2D eigenvalue weighted by Crippen LogP contribution is 2.46. The maximum atomic E-state index is 14.4. The number of thiazole rings is 1. The third kappa shape index (κ3) is 6.67. The lowest BCUT2D eigenvalue weighted by molar-refractivity contribution is 0.0523. The van der Waals surface area contributed by atoms with Gasteiger partial charge in [-0.1, -0.05) is 59.2 Å². The van der Waals surface area contributed by atoms with Gasteiger partial charge in [-0.25, -0.2) is 19.2 Å². The zero-order valence-electron chi connectivity index (χ0n) is 26.3. The zero-order valence-corrected chi connectivity index (χ0v) is 28.9. The number of ether oxygens (including phenoxy) is 1. The highest BCUT2D eigenvalue weighted by atomic mass is 35.5. The van der Waals surface area contributed by atoms with Gasteiger partial charge in [0.1, 0.15) is 28.2 Å². The molecule has 0 radical (unpaired) electrons. The molecule has 4 aromatic rings. The Kier molecular flexibility index (Phi) is 9.76. The Morgan fingerprint density at radius 3 is 2.35 bits per heavy atom. The number of rotatable bonds is 9. The van der Waals surface area contributed by atoms with Crippen LogP contribution in [-0.4, -0.2) is 39.2 Å². The van der Waals surface area contributed by atoms with Crippen LogP contribution in [0.4, 0.5) is 9.18 Å². The maximum Gasteiger partial charge on any atom is 0.407 e. The predicted octanol–water partition coefficient (Wildman–Crippen LogP) is 9.08. The Morgan fingerprint density at radius 1 is 1.09 bits per heavy atom. The van der Waals surface area contributed by atoms with Crippen LogP contribution >= 0.6 is 22.9 Å². The highest BCUT2D eigenvalue weighted by molar-refractivity contribution is 7.15. The first kappa shape index (κ1) is 33.1. The molecule has 0 aliphatic carbocycles. The number of carbonyl (C=O) groups is 1. The van der Waals surface area contributed by atoms with E-state index in [2.05, 4.69) is 62.3 Å². The molecule has 11 heteroatoms. The predicted molar refractivity (Wildman–Crippen MR) is 176 cm³/mol. The topological polar surface area (TPSA) is 89.3 Å². The van der Waals surface area contributed by atoms with Gasteiger partial charge in [-0.05, 0) is 61.2 Å². The van der Waals surface area contributed by atoms with Gasteiger partial charge in [-0.3, -0.25) is 0 Å². The molecule has 0 bridgehead atoms. The van der Waals surface area contributed by atoms with Crippen LogP contribution in [0, 0.1) is 5.82 Å². The third-order valence-electron chi connectivity index (χ3n) is 8.04. The minimum Gasteiger partial charge on any atom is -0.444 e. The minimum absolute atomic E-state index is 0.131. The number of nitrogens with zero attached hydrogens (tertiary/aromatic N) is 3. The molecular formula is C32H42ClFN4O3SSi. The number of alkyl carbamates (subject to hydrolysis) is 1. The lowest BCUT2D eigenvalue weighted by atomic mass is 10.1. The summed E-state index contributed by atoms with van der Waals surface area (Å²) >= 11 is 7.71. The smallest absolute Gasteiger partial charge is 0.407 e. The van der Waals surface area contributed by atoms with Crippen molar-refractivity contribution >= 4 is 48.3 Å². The summed E-state index contributed by atoms with van der Waals surface area (Å²) in [5.41, 5.74) is 3.37. The lowest BCUT2D eigenvalue weighted by Crippen LogP contribution is -2.51. The van der Waals surface area contributed by atoms with Crippen molar-refractivity contribution in [3.05, 3.63) is 69.7 Å². The number of aliphatic hydroxyl groups is 1. The van der Waals surface area contributed by atoms with Crippen LogP contribution in [0.3, 0.4) is 0 Å². The Balaban J connectivity index is 1.75. The van der Waals surface area contributed by atoms with Gasteiger partial charge in [0.05, 0.1) is 9.90 Å². The molecule has 0 saturated carbocycles. The number of carbonyl (C=O) groups excluding carboxylic acids is 1. The van der Waals surface area contributed by atoms with Gasteiger partial charge in [0.25, 0.3) is 0 Å². The van der Waals surface area contributed by atoms with Crippen molar-refractivity contribution in [3.63, 3.8) is 0 Å². The van der Waals surface area contributed by atoms with Crippen molar-refractivity contribution < 1.29 is 19.0 Å². The van der Waals surface area contributed by atoms with E-state index in [9.17, 15) is 14.3 Å². The summed E-state index contributed by atoms with van der Waals surface area (Å²) in [7, 11) is -2.21. The lowest BCUT2D eigenvalue weighted by Gasteiger charge is -2.44. The van der Waals surface area contributed by atoms with E-state index in [-0.39, 0.29) is 6.54 Å². The van der Waals surface area contributed by atoms with Crippen LogP contribution in [0.2, 0.25) is 21.6 Å². The second kappa shape index (κ2) is 12.7. The van der Waals surface area contributed by atoms with E-state index in [1.54, 1.807) is 39.2 Å². The Hall–Kier alpha value is -2.79. The minimum atomic E-state index is -2.21. The summed E-state index contributed by atoms with van der Waals surface area (Å²) in [6.45, 7) is 19.2. The van der Waals surface area contributed by atoms with Crippen LogP contribution in [0.15, 0.2) is 42.9 Å². The number of pyridine rings is 1. The molecule has 0 aliphatic heterocycles. The number of aliphatic hydroxyl groups excluding tert-OH is 1. The Labute approximate surface area is 263 Å². The standard InChI is InChI=1S/C32H42ClFN4O3SSi/c1-18(2)43(19(3)4,20(5)6)38-17-26(25-12-22(33)15-35-29(25)38)28(39)27-16-36-30(42-27)24-13-23(34)11-10-21(24)14-37-31(40)41-32(7,8)9/h10-13,15-20,28,39H,14H2,1-9H3,(H,37,40). The summed E-state index contributed by atoms with van der Waals surface area (Å²) in [6.07, 6.45) is 3.80. The van der Waals surface area contributed by atoms with Gasteiger partial charge in [-0.2, -0.15) is 0 Å². The van der Waals surface area contributed by atoms with Crippen LogP contribution in [0.5, 0.6) is 0 Å². The fourth-order valence-electron chi connectivity index (χ4n) is 6.53. The van der Waals surface area contributed by atoms with Crippen LogP contribution in [0.1, 0.15) is 84.4 Å². The number of hydrogen-bond acceptors (Lipinski definition) is 6. The molecule has 7 nitrogen and oxygen atoms in total. The van der Waals surface area contributed by atoms with Crippen LogP contribution in [-0.2, 0) is 11.3 Å². The van der Waals surface area contributed by atoms with E-state index in [0.717, 1.165) is 11.0 Å². The molecule has 0 saturated heterocycles. The molecule has 43 heavy (non-hydrogen) atoms. The first-order chi connectivity index (χ1) is 20.1. The summed E-state index contributed by atoms with van der Waals surface area (Å²) in [4.78, 5) is 22.2. The van der Waals surface area contributed by atoms with Crippen molar-refractivity contribution in [2.45, 2.75) is 97.2 Å². The van der Waals surface area contributed by atoms with Gasteiger partial charge in [0.2, 0.25) is 0 Å². The number of hydrogen-bond donors (Lipinski definition) is 2. The van der Waals surface area contributed by atoms with Gasteiger partial charge >= 0.3 is 6.09 Å². The van der Waals surface area contributed by atoms with Crippen molar-refractivity contribution in [2.24, 2.45) is 0 Å². The second-order valence-electron chi connectivity index (χ2n) is 13.0. The summed E-state index contributed by atoms with van der Waals surface area (Å²) < 4.78 is 22.1. The molecular weight excluding hydrogens is 603 g/mol. The molecule has 1 unspecified atom stereocenters. The molecule has 0 aliphatic rings. The van der Waals surface area contributed by atoms with E-state index in [4.69, 9.17) is 21.3 Å². The van der Waals surface area contributed by atoms with Gasteiger partial charge in [0, 0.05) is 41.6 Å². The first-order valence-electron chi connectivity index (χ1n) is 14.6. The van der Waals surface area contributed by atoms with Gasteiger partial charge < -0.3 is 19.4 Å². The van der Waals surface area contributed by atoms with E-state index < -0.39 is 31.9 Å². The van der Waals surface area contributed by atoms with E-state index in [1.807, 2.05) is 6.07 Å². The van der Waals surface area contributed by atoms with Gasteiger partial charge in [0.15, 0.2) is 8.24 Å². The molecule has 2 N–H and O–H groups in total. The molecule has 3 heterocycles. The van der Waals surface area contributed by atoms with E-state index in [1.165, 1.54) is 23.5 Å². The summed E-state index contributed by atoms with van der Waals surface area (Å²) in [5.74, 6) is -0.422. The Bertz CT molecular complexity index is 1590. The molecule has 4 rings (SSSR count). The quantitative estimate of drug-likeness (QED) is 0.177. The first-order valence-corrected chi connectivity index (χ1v) is 18.0. The van der Waals surface area contributed by atoms with E-state index in [0.29, 0.717) is 48.2 Å². The fourth-order valence-corrected chi connectivity index (χ4v) is 14.2. The summed E-state index contributed by atoms with van der Waals surface area (Å²) in [5, 5.41) is 16.4. The van der Waals surface area contributed by atoms with Crippen molar-refractivity contribution in [1.29, 1.82) is 0 Å². The summed E-state index contributed by atoms with van der Waals surface area (Å²) in [6, 6.07) is 6.23. The fraction of sp³-hybridized carbons (Fsp3) is 0.469. The van der Waals surface area contributed by atoms with Crippen molar-refractivity contribution in [3.8, 4) is 10.6 Å². The highest BCUT2D eigenvalue weighted by Gasteiger charge is 2.46. The monoisotopic (exact) mass is 644 g/mol. The Morgan fingerprint density at radius 2 is 1.74 bits per heavy atom. The number of fused-ring (bicyclic) bond motifs is 1. The van der Waals surface area contributed by atoms with Gasteiger partial charge in [-0.15, -0.1) is 11.3 Å². The SMILES string of the molecule is CC(C)[Si](C(C)C)(C(C)C)n1cc(C(O)c2cnc(-c3cc(F)ccc3CNC(=O)OC(C)(C)C)s2)c2cc(Cl)cnc21. The largest absolute Gasteiger partial charge is 0.444 e. The van der Waals surface area contributed by atoms with Crippen molar-refractivity contribution in [1.82, 2.24) is 19.5 Å². The van der Waals surface area contributed by atoms with Crippen LogP contribution < -0.4 is 5.32 Å². The normalized spacial score (nSPS) is 13.4. The zero-order chi connectivity index (χ0) is 31.9. The number of halogens is 2. The molecule has 0 fully saturated rings. The third-order valence-corrected chi connectivity index (χ3v) is 16.1. The average molecular weight is 645 g/mol. The van der Waals surface area contributed by atoms with Crippen molar-refractivity contribution in [2.75, 3.05) is 0 Å². The molecule has 0 spiro atoms. The number of aromatic nitrogens is 3. The number of benzene rings is 1. The number of nitrogens with one attached hydrogen (secondary N) is 1. The second-order valence-corrected chi connectivity index (χ2v) is 20.2. The average Bonchev–Trinajstić information content (AvgIpc) is 3.52. The molecule has 1 amide bonds. The van der Waals surface area contributed by atoms with E-state index >= 15 is 0 Å².